The van der Waals surface area contributed by atoms with Gasteiger partial charge in [-0.15, -0.1) is 0 Å². The number of amides is 2. The van der Waals surface area contributed by atoms with Gasteiger partial charge in [0.25, 0.3) is 0 Å². The molecule has 13 heteroatoms. The second-order valence-corrected chi connectivity index (χ2v) is 8.47. The Labute approximate surface area is 121 Å². The number of halogens is 3. The van der Waals surface area contributed by atoms with Crippen molar-refractivity contribution in [2.45, 2.75) is 18.0 Å². The maximum absolute atomic E-state index is 12.0. The van der Waals surface area contributed by atoms with E-state index in [1.807, 2.05) is 5.32 Å². The average Bonchev–Trinajstić information content (AvgIpc) is 2.38. The molecule has 0 radical (unpaired) electrons. The molecule has 21 heavy (non-hydrogen) atoms. The van der Waals surface area contributed by atoms with Gasteiger partial charge < -0.3 is 18.6 Å². The molecule has 0 rings (SSSR count). The number of urea groups is 1. The highest BCUT2D eigenvalue weighted by Gasteiger charge is 2.47. The Morgan fingerprint density at radius 1 is 1.14 bits per heavy atom. The molecule has 0 saturated heterocycles. The summed E-state index contributed by atoms with van der Waals surface area (Å²) in [6.45, 7) is -0.0793. The monoisotopic (exact) mass is 354 g/mol. The Bertz CT molecular complexity index is 432. The van der Waals surface area contributed by atoms with Gasteiger partial charge in [-0.1, -0.05) is 0 Å². The number of alkyl halides is 3. The Morgan fingerprint density at radius 3 is 2.00 bits per heavy atom. The Hall–Kier alpha value is -0.893. The Balaban J connectivity index is 4.24. The third-order valence-electron chi connectivity index (χ3n) is 2.41. The topological polar surface area (TPSA) is 103 Å². The molecular weight excluding hydrogens is 337 g/mol. The highest BCUT2D eigenvalue weighted by atomic mass is 32.2. The first-order valence-electron chi connectivity index (χ1n) is 5.56. The first-order valence-corrected chi connectivity index (χ1v) is 8.97. The SMILES string of the molecule is CO[Si](CCCNC(=O)NS(=O)(=O)C(F)(F)F)(OC)OC. The molecule has 0 saturated carbocycles. The molecule has 0 aliphatic rings. The summed E-state index contributed by atoms with van der Waals surface area (Å²) >= 11 is 0. The molecule has 2 N–H and O–H groups in total. The molecule has 0 bridgehead atoms. The molecule has 0 fully saturated rings. The van der Waals surface area contributed by atoms with Crippen molar-refractivity contribution in [2.24, 2.45) is 0 Å². The van der Waals surface area contributed by atoms with Crippen LogP contribution in [0.4, 0.5) is 18.0 Å². The van der Waals surface area contributed by atoms with E-state index < -0.39 is 30.4 Å². The molecule has 2 amide bonds. The molecule has 126 valence electrons. The summed E-state index contributed by atoms with van der Waals surface area (Å²) in [4.78, 5) is 11.1. The summed E-state index contributed by atoms with van der Waals surface area (Å²) in [6.07, 6.45) is 0.265. The number of sulfonamides is 1. The number of carbonyl (C=O) groups is 1. The van der Waals surface area contributed by atoms with Gasteiger partial charge in [0.15, 0.2) is 0 Å². The number of nitrogens with one attached hydrogen (secondary N) is 2. The third kappa shape index (κ3) is 6.17. The van der Waals surface area contributed by atoms with E-state index in [0.717, 1.165) is 4.72 Å². The molecule has 0 aromatic carbocycles. The molecule has 0 heterocycles. The second kappa shape index (κ2) is 7.93. The van der Waals surface area contributed by atoms with Crippen molar-refractivity contribution >= 4 is 24.9 Å². The highest BCUT2D eigenvalue weighted by molar-refractivity contribution is 7.90. The lowest BCUT2D eigenvalue weighted by atomic mass is 10.5. The van der Waals surface area contributed by atoms with E-state index in [-0.39, 0.29) is 13.0 Å². The zero-order chi connectivity index (χ0) is 16.7. The Morgan fingerprint density at radius 2 is 1.62 bits per heavy atom. The minimum Gasteiger partial charge on any atom is -0.377 e. The van der Waals surface area contributed by atoms with E-state index in [1.54, 1.807) is 0 Å². The van der Waals surface area contributed by atoms with E-state index in [2.05, 4.69) is 0 Å². The summed E-state index contributed by atoms with van der Waals surface area (Å²) in [7, 11) is -4.39. The fraction of sp³-hybridized carbons (Fsp3) is 0.875. The van der Waals surface area contributed by atoms with Crippen molar-refractivity contribution < 1.29 is 39.7 Å². The number of carbonyl (C=O) groups excluding carboxylic acids is 1. The van der Waals surface area contributed by atoms with E-state index in [4.69, 9.17) is 13.3 Å². The van der Waals surface area contributed by atoms with Gasteiger partial charge >= 0.3 is 30.4 Å². The van der Waals surface area contributed by atoms with Gasteiger partial charge in [-0.05, 0) is 6.42 Å². The number of hydrogen-bond acceptors (Lipinski definition) is 6. The van der Waals surface area contributed by atoms with E-state index in [1.165, 1.54) is 21.3 Å². The molecule has 0 atom stereocenters. The van der Waals surface area contributed by atoms with Gasteiger partial charge in [-0.25, -0.2) is 9.52 Å². The first kappa shape index (κ1) is 20.1. The molecule has 0 aromatic rings. The number of hydrogen-bond donors (Lipinski definition) is 2. The molecule has 8 nitrogen and oxygen atoms in total. The minimum atomic E-state index is -5.70. The normalized spacial score (nSPS) is 13.0. The van der Waals surface area contributed by atoms with Crippen LogP contribution >= 0.6 is 0 Å². The van der Waals surface area contributed by atoms with Crippen molar-refractivity contribution in [3.63, 3.8) is 0 Å². The van der Waals surface area contributed by atoms with Crippen LogP contribution in [-0.2, 0) is 23.3 Å². The fourth-order valence-electron chi connectivity index (χ4n) is 1.28. The van der Waals surface area contributed by atoms with Crippen LogP contribution in [0.1, 0.15) is 6.42 Å². The van der Waals surface area contributed by atoms with Gasteiger partial charge in [0, 0.05) is 33.9 Å². The van der Waals surface area contributed by atoms with Crippen LogP contribution in [0.2, 0.25) is 6.04 Å². The summed E-state index contributed by atoms with van der Waals surface area (Å²) in [6, 6.07) is -1.17. The van der Waals surface area contributed by atoms with Gasteiger partial charge in [-0.2, -0.15) is 21.6 Å². The Kier molecular flexibility index (Phi) is 7.59. The molecule has 0 aliphatic heterocycles. The fourth-order valence-corrected chi connectivity index (χ4v) is 3.43. The van der Waals surface area contributed by atoms with Crippen LogP contribution in [0.25, 0.3) is 0 Å². The lowest BCUT2D eigenvalue weighted by molar-refractivity contribution is -0.0444. The molecular formula is C8H17F3N2O6SSi. The van der Waals surface area contributed by atoms with Gasteiger partial charge in [0.1, 0.15) is 0 Å². The second-order valence-electron chi connectivity index (χ2n) is 3.71. The van der Waals surface area contributed by atoms with Crippen molar-refractivity contribution in [3.05, 3.63) is 0 Å². The van der Waals surface area contributed by atoms with Crippen LogP contribution in [0.15, 0.2) is 0 Å². The predicted octanol–water partition coefficient (Wildman–Crippen LogP) is 0.403. The van der Waals surface area contributed by atoms with Crippen LogP contribution in [0, 0.1) is 0 Å². The van der Waals surface area contributed by atoms with E-state index >= 15 is 0 Å². The van der Waals surface area contributed by atoms with Crippen molar-refractivity contribution in [3.8, 4) is 0 Å². The molecule has 0 aliphatic carbocycles. The summed E-state index contributed by atoms with van der Waals surface area (Å²) in [5.41, 5.74) is -5.55. The van der Waals surface area contributed by atoms with Crippen LogP contribution < -0.4 is 10.0 Å². The maximum atomic E-state index is 12.0. The standard InChI is InChI=1S/C8H17F3N2O6SSi/c1-17-21(18-2,19-3)6-4-5-12-7(14)13-20(15,16)8(9,10)11/h4-6H2,1-3H3,(H2,12,13,14). The quantitative estimate of drug-likeness (QED) is 0.483. The summed E-state index contributed by atoms with van der Waals surface area (Å²) < 4.78 is 73.4. The van der Waals surface area contributed by atoms with Gasteiger partial charge in [0.05, 0.1) is 0 Å². The minimum absolute atomic E-state index is 0.0793. The zero-order valence-electron chi connectivity index (χ0n) is 11.6. The summed E-state index contributed by atoms with van der Waals surface area (Å²) in [5, 5.41) is 1.98. The van der Waals surface area contributed by atoms with Crippen LogP contribution in [-0.4, -0.2) is 56.6 Å². The predicted molar refractivity (Wildman–Crippen MR) is 67.7 cm³/mol. The first-order chi connectivity index (χ1) is 9.53. The van der Waals surface area contributed by atoms with Gasteiger partial charge in [-0.3, -0.25) is 0 Å². The smallest absolute Gasteiger partial charge is 0.377 e. The molecule has 0 unspecified atom stereocenters. The zero-order valence-corrected chi connectivity index (χ0v) is 13.4. The molecule has 0 aromatic heterocycles. The average molecular weight is 354 g/mol. The third-order valence-corrected chi connectivity index (χ3v) is 6.31. The lowest BCUT2D eigenvalue weighted by Crippen LogP contribution is -2.46. The van der Waals surface area contributed by atoms with Gasteiger partial charge in [0.2, 0.25) is 0 Å². The maximum Gasteiger partial charge on any atom is 0.516 e. The van der Waals surface area contributed by atoms with Crippen molar-refractivity contribution in [1.82, 2.24) is 10.0 Å². The van der Waals surface area contributed by atoms with Crippen molar-refractivity contribution in [1.29, 1.82) is 0 Å². The largest absolute Gasteiger partial charge is 0.516 e. The highest BCUT2D eigenvalue weighted by Crippen LogP contribution is 2.21. The summed E-state index contributed by atoms with van der Waals surface area (Å²) in [5.74, 6) is 0. The van der Waals surface area contributed by atoms with Crippen LogP contribution in [0.5, 0.6) is 0 Å². The molecule has 0 spiro atoms. The van der Waals surface area contributed by atoms with Crippen LogP contribution in [0.3, 0.4) is 0 Å². The number of rotatable bonds is 8. The van der Waals surface area contributed by atoms with Crippen molar-refractivity contribution in [2.75, 3.05) is 27.9 Å². The van der Waals surface area contributed by atoms with E-state index in [9.17, 15) is 26.4 Å². The van der Waals surface area contributed by atoms with E-state index in [0.29, 0.717) is 6.04 Å². The lowest BCUT2D eigenvalue weighted by Gasteiger charge is -2.24.